The van der Waals surface area contributed by atoms with Crippen LogP contribution in [0.25, 0.3) is 0 Å². The summed E-state index contributed by atoms with van der Waals surface area (Å²) in [6.07, 6.45) is 0. The fraction of sp³-hybridized carbons (Fsp3) is 0.600. The molecule has 0 heterocycles. The van der Waals surface area contributed by atoms with Crippen LogP contribution in [-0.2, 0) is 4.89 Å². The summed E-state index contributed by atoms with van der Waals surface area (Å²) in [6.45, 7) is 3.72. The maximum absolute atomic E-state index is 7.96. The molecule has 0 aromatic rings. The van der Waals surface area contributed by atoms with Crippen LogP contribution < -0.4 is 5.73 Å². The molecule has 0 aliphatic rings. The number of nitrogens with zero attached hydrogens (tertiary/aromatic N) is 1. The van der Waals surface area contributed by atoms with Crippen molar-refractivity contribution in [1.29, 1.82) is 5.41 Å². The van der Waals surface area contributed by atoms with Crippen LogP contribution in [-0.4, -0.2) is 21.7 Å². The van der Waals surface area contributed by atoms with E-state index in [9.17, 15) is 0 Å². The number of aliphatic imine (C=N–C) groups is 1. The molecule has 0 unspecified atom stereocenters. The summed E-state index contributed by atoms with van der Waals surface area (Å²) in [5.74, 6) is 0. The molecule has 0 saturated carbocycles. The molecule has 0 bridgehead atoms. The first-order valence-electron chi connectivity index (χ1n) is 2.97. The Morgan fingerprint density at radius 2 is 2.27 bits per heavy atom. The van der Waals surface area contributed by atoms with Crippen molar-refractivity contribution in [2.24, 2.45) is 10.7 Å². The molecule has 0 amide bonds. The van der Waals surface area contributed by atoms with Crippen molar-refractivity contribution in [2.75, 3.05) is 0 Å². The van der Waals surface area contributed by atoms with Crippen molar-refractivity contribution < 1.29 is 10.1 Å². The summed E-state index contributed by atoms with van der Waals surface area (Å²) in [5.41, 5.74) is 5.33. The highest BCUT2D eigenvalue weighted by molar-refractivity contribution is 8.26. The van der Waals surface area contributed by atoms with Crippen molar-refractivity contribution in [3.63, 3.8) is 0 Å². The molecule has 0 radical (unpaired) electrons. The lowest BCUT2D eigenvalue weighted by molar-refractivity contribution is -0.151. The Morgan fingerprint density at radius 1 is 1.73 bits per heavy atom. The number of hydrogen-bond donors (Lipinski definition) is 3. The Kier molecular flexibility index (Phi) is 4.64. The molecule has 5 nitrogen and oxygen atoms in total. The summed E-state index contributed by atoms with van der Waals surface area (Å²) in [7, 11) is 0. The van der Waals surface area contributed by atoms with Gasteiger partial charge in [0, 0.05) is 17.8 Å². The Morgan fingerprint density at radius 3 is 2.64 bits per heavy atom. The molecule has 0 saturated heterocycles. The Labute approximate surface area is 69.1 Å². The average Bonchev–Trinajstić information content (AvgIpc) is 1.85. The predicted molar refractivity (Wildman–Crippen MR) is 45.8 cm³/mol. The van der Waals surface area contributed by atoms with E-state index in [-0.39, 0.29) is 16.4 Å². The van der Waals surface area contributed by atoms with Gasteiger partial charge in [-0.1, -0.05) is 0 Å². The van der Waals surface area contributed by atoms with Gasteiger partial charge in [0.1, 0.15) is 0 Å². The van der Waals surface area contributed by atoms with E-state index in [0.29, 0.717) is 0 Å². The molecular formula is C5H11N3O2S. The smallest absolute Gasteiger partial charge is 0.291 e. The Hall–Kier alpha value is -0.750. The summed E-state index contributed by atoms with van der Waals surface area (Å²) in [4.78, 5) is 7.48. The topological polar surface area (TPSA) is 91.7 Å². The lowest BCUT2D eigenvalue weighted by Gasteiger charge is -2.00. The molecule has 4 N–H and O–H groups in total. The van der Waals surface area contributed by atoms with E-state index in [2.05, 4.69) is 9.88 Å². The first-order chi connectivity index (χ1) is 5.06. The monoisotopic (exact) mass is 177 g/mol. The second-order valence-corrected chi connectivity index (χ2v) is 3.04. The Balaban J connectivity index is 3.86. The fourth-order valence-electron chi connectivity index (χ4n) is 0.394. The van der Waals surface area contributed by atoms with Crippen LogP contribution in [0.3, 0.4) is 0 Å². The molecule has 6 heteroatoms. The van der Waals surface area contributed by atoms with Gasteiger partial charge in [0.25, 0.3) is 5.23 Å². The van der Waals surface area contributed by atoms with Crippen LogP contribution >= 0.6 is 11.8 Å². The molecule has 0 aliphatic heterocycles. The summed E-state index contributed by atoms with van der Waals surface area (Å²) < 4.78 is 0. The van der Waals surface area contributed by atoms with E-state index < -0.39 is 0 Å². The molecule has 0 atom stereocenters. The van der Waals surface area contributed by atoms with Crippen molar-refractivity contribution in [3.05, 3.63) is 0 Å². The van der Waals surface area contributed by atoms with Gasteiger partial charge in [-0.15, -0.1) is 0 Å². The van der Waals surface area contributed by atoms with Crippen LogP contribution in [0.15, 0.2) is 4.99 Å². The van der Waals surface area contributed by atoms with Gasteiger partial charge < -0.3 is 10.6 Å². The van der Waals surface area contributed by atoms with E-state index in [1.165, 1.54) is 0 Å². The quantitative estimate of drug-likeness (QED) is 0.240. The highest BCUT2D eigenvalue weighted by Crippen LogP contribution is 2.03. The molecule has 64 valence electrons. The number of nitrogens with two attached hydrogens (primary N) is 1. The highest BCUT2D eigenvalue weighted by Gasteiger charge is 2.02. The van der Waals surface area contributed by atoms with Gasteiger partial charge in [-0.2, -0.15) is 0 Å². The van der Waals surface area contributed by atoms with Crippen molar-refractivity contribution in [1.82, 2.24) is 0 Å². The van der Waals surface area contributed by atoms with Crippen LogP contribution in [0.1, 0.15) is 13.8 Å². The maximum atomic E-state index is 7.96. The molecule has 0 spiro atoms. The van der Waals surface area contributed by atoms with Gasteiger partial charge in [-0.05, 0) is 13.8 Å². The number of thioether (sulfide) groups is 1. The van der Waals surface area contributed by atoms with Gasteiger partial charge in [0.15, 0.2) is 5.17 Å². The lowest BCUT2D eigenvalue weighted by Crippen LogP contribution is -2.13. The molecule has 0 aromatic carbocycles. The Bertz CT molecular complexity index is 169. The SMILES string of the molecule is CC(C)N=C(N)SC(=N)OO. The van der Waals surface area contributed by atoms with Gasteiger partial charge in [0.05, 0.1) is 0 Å². The zero-order chi connectivity index (χ0) is 8.85. The van der Waals surface area contributed by atoms with E-state index in [4.69, 9.17) is 16.4 Å². The molecule has 0 rings (SSSR count). The molecule has 0 aromatic heterocycles. The van der Waals surface area contributed by atoms with E-state index in [1.54, 1.807) is 0 Å². The van der Waals surface area contributed by atoms with Gasteiger partial charge >= 0.3 is 0 Å². The second kappa shape index (κ2) is 4.97. The van der Waals surface area contributed by atoms with E-state index >= 15 is 0 Å². The normalized spacial score (nSPS) is 11.8. The first-order valence-corrected chi connectivity index (χ1v) is 3.79. The minimum Gasteiger partial charge on any atom is -0.378 e. The third kappa shape index (κ3) is 5.68. The first kappa shape index (κ1) is 10.2. The number of rotatable bonds is 1. The molecule has 0 aliphatic carbocycles. The third-order valence-corrected chi connectivity index (χ3v) is 1.24. The largest absolute Gasteiger partial charge is 0.378 e. The maximum Gasteiger partial charge on any atom is 0.291 e. The second-order valence-electron chi connectivity index (χ2n) is 2.04. The number of hydrogen-bond acceptors (Lipinski definition) is 5. The third-order valence-electron chi connectivity index (χ3n) is 0.666. The molecule has 11 heavy (non-hydrogen) atoms. The summed E-state index contributed by atoms with van der Waals surface area (Å²) in [5, 5.41) is 14.6. The van der Waals surface area contributed by atoms with Crippen LogP contribution in [0.2, 0.25) is 0 Å². The van der Waals surface area contributed by atoms with Crippen molar-refractivity contribution in [3.8, 4) is 0 Å². The molecular weight excluding hydrogens is 166 g/mol. The number of amidine groups is 1. The summed E-state index contributed by atoms with van der Waals surface area (Å²) in [6, 6.07) is 0.0778. The summed E-state index contributed by atoms with van der Waals surface area (Å²) >= 11 is 0.767. The van der Waals surface area contributed by atoms with Gasteiger partial charge in [-0.3, -0.25) is 10.4 Å². The predicted octanol–water partition coefficient (Wildman–Crippen LogP) is 0.867. The fourth-order valence-corrected chi connectivity index (χ4v) is 0.885. The van der Waals surface area contributed by atoms with Crippen LogP contribution in [0.5, 0.6) is 0 Å². The van der Waals surface area contributed by atoms with Crippen LogP contribution in [0, 0.1) is 5.41 Å². The average molecular weight is 177 g/mol. The van der Waals surface area contributed by atoms with E-state index in [1.807, 2.05) is 13.8 Å². The van der Waals surface area contributed by atoms with Gasteiger partial charge in [0.2, 0.25) is 0 Å². The van der Waals surface area contributed by atoms with Gasteiger partial charge in [-0.25, -0.2) is 5.26 Å². The van der Waals surface area contributed by atoms with Crippen molar-refractivity contribution in [2.45, 2.75) is 19.9 Å². The molecule has 0 fully saturated rings. The lowest BCUT2D eigenvalue weighted by atomic mass is 10.4. The van der Waals surface area contributed by atoms with E-state index in [0.717, 1.165) is 11.8 Å². The zero-order valence-electron chi connectivity index (χ0n) is 6.37. The van der Waals surface area contributed by atoms with Crippen molar-refractivity contribution >= 4 is 22.2 Å². The van der Waals surface area contributed by atoms with Crippen LogP contribution in [0.4, 0.5) is 0 Å². The minimum absolute atomic E-state index is 0.0778. The minimum atomic E-state index is -0.382. The highest BCUT2D eigenvalue weighted by atomic mass is 32.2. The zero-order valence-corrected chi connectivity index (χ0v) is 7.18. The standard InChI is InChI=1S/C5H11N3O2S/c1-3(2)8-4(6)11-5(7)10-9/h3,7,9H,1-2H3,(H2,6,8). The number of nitrogens with one attached hydrogen (secondary N) is 1.